The van der Waals surface area contributed by atoms with Crippen molar-refractivity contribution in [2.75, 3.05) is 18.5 Å². The van der Waals surface area contributed by atoms with E-state index >= 15 is 0 Å². The highest BCUT2D eigenvalue weighted by Gasteiger charge is 2.15. The number of hydrogen-bond donors (Lipinski definition) is 3. The van der Waals surface area contributed by atoms with E-state index in [1.54, 1.807) is 11.3 Å². The van der Waals surface area contributed by atoms with Gasteiger partial charge in [0.15, 0.2) is 5.13 Å². The van der Waals surface area contributed by atoms with Crippen LogP contribution < -0.4 is 11.0 Å². The fourth-order valence-electron chi connectivity index (χ4n) is 2.69. The highest BCUT2D eigenvalue weighted by molar-refractivity contribution is 7.14. The fraction of sp³-hybridized carbons (Fsp3) is 0.333. The molecule has 0 aliphatic carbocycles. The summed E-state index contributed by atoms with van der Waals surface area (Å²) in [5.74, 6) is 0. The summed E-state index contributed by atoms with van der Waals surface area (Å²) in [7, 11) is 0. The standard InChI is InChI=1S/C15H16N4O2S/c20-14-17-11-4-3-9(6-12(11)18-14)13-8-22-15(19-13)16-7-10-2-1-5-21-10/h3-4,6,8,10H,1-2,5,7H2,(H,16,19)(H2,17,18,20)/t10-/m0/s1. The van der Waals surface area contributed by atoms with Gasteiger partial charge in [-0.05, 0) is 25.0 Å². The zero-order valence-corrected chi connectivity index (χ0v) is 12.7. The smallest absolute Gasteiger partial charge is 0.323 e. The number of fused-ring (bicyclic) bond motifs is 1. The van der Waals surface area contributed by atoms with Gasteiger partial charge < -0.3 is 20.0 Å². The molecule has 7 heteroatoms. The predicted molar refractivity (Wildman–Crippen MR) is 87.5 cm³/mol. The normalized spacial score (nSPS) is 18.1. The van der Waals surface area contributed by atoms with E-state index < -0.39 is 0 Å². The van der Waals surface area contributed by atoms with E-state index in [9.17, 15) is 4.79 Å². The van der Waals surface area contributed by atoms with Crippen molar-refractivity contribution in [3.8, 4) is 11.3 Å². The molecule has 2 aromatic heterocycles. The van der Waals surface area contributed by atoms with Crippen molar-refractivity contribution in [3.63, 3.8) is 0 Å². The number of benzene rings is 1. The molecule has 0 amide bonds. The van der Waals surface area contributed by atoms with E-state index in [1.807, 2.05) is 23.6 Å². The van der Waals surface area contributed by atoms with Crippen LogP contribution in [0.2, 0.25) is 0 Å². The molecular weight excluding hydrogens is 300 g/mol. The fourth-order valence-corrected chi connectivity index (χ4v) is 3.42. The molecular formula is C15H16N4O2S. The number of imidazole rings is 1. The van der Waals surface area contributed by atoms with Crippen LogP contribution in [0.15, 0.2) is 28.4 Å². The van der Waals surface area contributed by atoms with Crippen LogP contribution in [-0.2, 0) is 4.74 Å². The highest BCUT2D eigenvalue weighted by atomic mass is 32.1. The van der Waals surface area contributed by atoms with Gasteiger partial charge in [0.25, 0.3) is 0 Å². The van der Waals surface area contributed by atoms with Gasteiger partial charge in [-0.25, -0.2) is 9.78 Å². The molecule has 3 aromatic rings. The van der Waals surface area contributed by atoms with Crippen molar-refractivity contribution < 1.29 is 4.74 Å². The van der Waals surface area contributed by atoms with E-state index in [-0.39, 0.29) is 5.69 Å². The Morgan fingerprint density at radius 1 is 1.36 bits per heavy atom. The van der Waals surface area contributed by atoms with E-state index in [0.717, 1.165) is 53.4 Å². The lowest BCUT2D eigenvalue weighted by molar-refractivity contribution is 0.120. The number of ether oxygens (including phenoxy) is 1. The molecule has 1 saturated heterocycles. The minimum Gasteiger partial charge on any atom is -0.376 e. The Balaban J connectivity index is 1.52. The summed E-state index contributed by atoms with van der Waals surface area (Å²) in [6, 6.07) is 5.79. The predicted octanol–water partition coefficient (Wildman–Crippen LogP) is 2.57. The van der Waals surface area contributed by atoms with Crippen molar-refractivity contribution in [1.29, 1.82) is 0 Å². The molecule has 0 bridgehead atoms. The zero-order valence-electron chi connectivity index (χ0n) is 11.9. The van der Waals surface area contributed by atoms with Crippen molar-refractivity contribution in [2.24, 2.45) is 0 Å². The number of rotatable bonds is 4. The maximum atomic E-state index is 11.3. The van der Waals surface area contributed by atoms with Crippen LogP contribution in [0.5, 0.6) is 0 Å². The molecule has 0 saturated carbocycles. The lowest BCUT2D eigenvalue weighted by Gasteiger charge is -2.09. The number of nitrogens with zero attached hydrogens (tertiary/aromatic N) is 1. The lowest BCUT2D eigenvalue weighted by Crippen LogP contribution is -2.18. The van der Waals surface area contributed by atoms with Crippen LogP contribution in [0, 0.1) is 0 Å². The van der Waals surface area contributed by atoms with Crippen LogP contribution in [-0.4, -0.2) is 34.2 Å². The number of thiazole rings is 1. The van der Waals surface area contributed by atoms with Gasteiger partial charge in [-0.1, -0.05) is 6.07 Å². The number of hydrogen-bond acceptors (Lipinski definition) is 5. The Morgan fingerprint density at radius 2 is 2.27 bits per heavy atom. The van der Waals surface area contributed by atoms with Crippen molar-refractivity contribution in [2.45, 2.75) is 18.9 Å². The number of nitrogens with one attached hydrogen (secondary N) is 3. The van der Waals surface area contributed by atoms with Gasteiger partial charge >= 0.3 is 5.69 Å². The molecule has 3 N–H and O–H groups in total. The van der Waals surface area contributed by atoms with Crippen LogP contribution >= 0.6 is 11.3 Å². The van der Waals surface area contributed by atoms with E-state index in [4.69, 9.17) is 4.74 Å². The molecule has 1 aliphatic rings. The first-order valence-corrected chi connectivity index (χ1v) is 8.19. The second kappa shape index (κ2) is 5.58. The summed E-state index contributed by atoms with van der Waals surface area (Å²) in [6.45, 7) is 1.67. The molecule has 22 heavy (non-hydrogen) atoms. The van der Waals surface area contributed by atoms with Crippen LogP contribution in [0.3, 0.4) is 0 Å². The molecule has 1 fully saturated rings. The van der Waals surface area contributed by atoms with E-state index in [1.165, 1.54) is 0 Å². The first-order valence-electron chi connectivity index (χ1n) is 7.31. The third kappa shape index (κ3) is 2.65. The van der Waals surface area contributed by atoms with Gasteiger partial charge in [-0.2, -0.15) is 0 Å². The summed E-state index contributed by atoms with van der Waals surface area (Å²) in [4.78, 5) is 21.4. The molecule has 1 aromatic carbocycles. The SMILES string of the molecule is O=c1[nH]c2ccc(-c3csc(NC[C@@H]4CCCO4)n3)cc2[nH]1. The minimum atomic E-state index is -0.190. The summed E-state index contributed by atoms with van der Waals surface area (Å²) in [5.41, 5.74) is 3.31. The van der Waals surface area contributed by atoms with Crippen molar-refractivity contribution >= 4 is 27.5 Å². The highest BCUT2D eigenvalue weighted by Crippen LogP contribution is 2.26. The monoisotopic (exact) mass is 316 g/mol. The van der Waals surface area contributed by atoms with Gasteiger partial charge in [0.1, 0.15) is 0 Å². The van der Waals surface area contributed by atoms with Gasteiger partial charge in [0.2, 0.25) is 0 Å². The average molecular weight is 316 g/mol. The van der Waals surface area contributed by atoms with Gasteiger partial charge in [0.05, 0.1) is 22.8 Å². The average Bonchev–Trinajstić information content (AvgIpc) is 3.24. The van der Waals surface area contributed by atoms with Crippen molar-refractivity contribution in [1.82, 2.24) is 15.0 Å². The Kier molecular flexibility index (Phi) is 3.44. The summed E-state index contributed by atoms with van der Waals surface area (Å²) in [5, 5.41) is 6.25. The third-order valence-electron chi connectivity index (χ3n) is 3.82. The van der Waals surface area contributed by atoms with Crippen molar-refractivity contribution in [3.05, 3.63) is 34.1 Å². The van der Waals surface area contributed by atoms with Crippen LogP contribution in [0.25, 0.3) is 22.3 Å². The molecule has 6 nitrogen and oxygen atoms in total. The molecule has 0 spiro atoms. The lowest BCUT2D eigenvalue weighted by atomic mass is 10.1. The summed E-state index contributed by atoms with van der Waals surface area (Å²) < 4.78 is 5.59. The number of aromatic amines is 2. The Hall–Kier alpha value is -2.12. The van der Waals surface area contributed by atoms with E-state index in [2.05, 4.69) is 20.3 Å². The molecule has 0 radical (unpaired) electrons. The Bertz CT molecular complexity index is 844. The van der Waals surface area contributed by atoms with Crippen LogP contribution in [0.1, 0.15) is 12.8 Å². The maximum Gasteiger partial charge on any atom is 0.323 e. The first kappa shape index (κ1) is 13.5. The van der Waals surface area contributed by atoms with Crippen LogP contribution in [0.4, 0.5) is 5.13 Å². The topological polar surface area (TPSA) is 82.8 Å². The molecule has 1 aliphatic heterocycles. The minimum absolute atomic E-state index is 0.190. The second-order valence-electron chi connectivity index (χ2n) is 5.39. The number of H-pyrrole nitrogens is 2. The van der Waals surface area contributed by atoms with E-state index in [0.29, 0.717) is 6.10 Å². The summed E-state index contributed by atoms with van der Waals surface area (Å²) >= 11 is 1.58. The number of anilines is 1. The molecule has 4 rings (SSSR count). The van der Waals surface area contributed by atoms with Gasteiger partial charge in [-0.15, -0.1) is 11.3 Å². The molecule has 3 heterocycles. The Morgan fingerprint density at radius 3 is 3.14 bits per heavy atom. The quantitative estimate of drug-likeness (QED) is 0.691. The molecule has 0 unspecified atom stereocenters. The second-order valence-corrected chi connectivity index (χ2v) is 6.25. The van der Waals surface area contributed by atoms with Gasteiger partial charge in [-0.3, -0.25) is 0 Å². The zero-order chi connectivity index (χ0) is 14.9. The van der Waals surface area contributed by atoms with Gasteiger partial charge in [0, 0.05) is 24.1 Å². The third-order valence-corrected chi connectivity index (χ3v) is 4.62. The largest absolute Gasteiger partial charge is 0.376 e. The first-order chi connectivity index (χ1) is 10.8. The summed E-state index contributed by atoms with van der Waals surface area (Å²) in [6.07, 6.45) is 2.56. The maximum absolute atomic E-state index is 11.3. The Labute approximate surface area is 130 Å². The molecule has 1 atom stereocenters. The number of aromatic nitrogens is 3. The molecule has 114 valence electrons.